The Balaban J connectivity index is 1.98. The maximum Gasteiger partial charge on any atom is 0.253 e. The minimum atomic E-state index is -0.172. The summed E-state index contributed by atoms with van der Waals surface area (Å²) in [6, 6.07) is 10.9. The Hall–Kier alpha value is -1.72. The van der Waals surface area contributed by atoms with Gasteiger partial charge in [-0.05, 0) is 39.2 Å². The molecule has 0 saturated heterocycles. The van der Waals surface area contributed by atoms with E-state index in [0.29, 0.717) is 16.7 Å². The number of amides is 1. The monoisotopic (exact) mass is 320 g/mol. The highest BCUT2D eigenvalue weighted by molar-refractivity contribution is 9.10. The summed E-state index contributed by atoms with van der Waals surface area (Å²) in [4.78, 5) is 15.9. The Morgan fingerprint density at radius 1 is 1.26 bits per heavy atom. The highest BCUT2D eigenvalue weighted by Crippen LogP contribution is 2.08. The summed E-state index contributed by atoms with van der Waals surface area (Å²) < 4.78 is 0.694. The number of aliphatic hydroxyl groups excluding tert-OH is 1. The molecule has 1 aromatic carbocycles. The second kappa shape index (κ2) is 6.45. The van der Waals surface area contributed by atoms with Gasteiger partial charge in [0.05, 0.1) is 12.2 Å². The summed E-state index contributed by atoms with van der Waals surface area (Å²) in [6.07, 6.45) is 1.52. The summed E-state index contributed by atoms with van der Waals surface area (Å²) in [5.41, 5.74) is 2.29. The van der Waals surface area contributed by atoms with Crippen LogP contribution in [-0.4, -0.2) is 16.0 Å². The predicted octanol–water partition coefficient (Wildman–Crippen LogP) is 2.27. The lowest BCUT2D eigenvalue weighted by molar-refractivity contribution is 0.0950. The van der Waals surface area contributed by atoms with Crippen LogP contribution in [0.1, 0.15) is 21.5 Å². The normalized spacial score (nSPS) is 10.2. The van der Waals surface area contributed by atoms with Gasteiger partial charge in [0.1, 0.15) is 4.60 Å². The first-order chi connectivity index (χ1) is 9.19. The molecule has 0 bridgehead atoms. The van der Waals surface area contributed by atoms with E-state index in [1.807, 2.05) is 24.3 Å². The third kappa shape index (κ3) is 3.87. The van der Waals surface area contributed by atoms with E-state index < -0.39 is 0 Å². The number of hydrogen-bond donors (Lipinski definition) is 2. The summed E-state index contributed by atoms with van der Waals surface area (Å²) in [7, 11) is 0. The fraction of sp³-hybridized carbons (Fsp3) is 0.143. The fourth-order valence-electron chi connectivity index (χ4n) is 1.63. The number of nitrogens with one attached hydrogen (secondary N) is 1. The van der Waals surface area contributed by atoms with E-state index in [1.54, 1.807) is 12.1 Å². The lowest BCUT2D eigenvalue weighted by atomic mass is 10.1. The van der Waals surface area contributed by atoms with Crippen molar-refractivity contribution in [1.29, 1.82) is 0 Å². The van der Waals surface area contributed by atoms with Crippen LogP contribution in [0.2, 0.25) is 0 Å². The molecule has 0 saturated carbocycles. The average molecular weight is 321 g/mol. The minimum Gasteiger partial charge on any atom is -0.392 e. The van der Waals surface area contributed by atoms with Gasteiger partial charge in [0.25, 0.3) is 5.91 Å². The first kappa shape index (κ1) is 13.7. The molecular formula is C14H13BrN2O2. The Bertz CT molecular complexity index is 570. The third-order valence-electron chi connectivity index (χ3n) is 2.62. The van der Waals surface area contributed by atoms with Gasteiger partial charge in [-0.3, -0.25) is 4.79 Å². The van der Waals surface area contributed by atoms with E-state index in [0.717, 1.165) is 11.1 Å². The van der Waals surface area contributed by atoms with E-state index in [2.05, 4.69) is 26.2 Å². The van der Waals surface area contributed by atoms with Gasteiger partial charge in [-0.25, -0.2) is 4.98 Å². The molecule has 0 fully saturated rings. The maximum atomic E-state index is 11.9. The van der Waals surface area contributed by atoms with Gasteiger partial charge in [0, 0.05) is 12.7 Å². The Morgan fingerprint density at radius 3 is 2.74 bits per heavy atom. The number of aliphatic hydroxyl groups is 1. The van der Waals surface area contributed by atoms with Gasteiger partial charge in [-0.15, -0.1) is 0 Å². The highest BCUT2D eigenvalue weighted by atomic mass is 79.9. The molecule has 1 aromatic heterocycles. The van der Waals surface area contributed by atoms with Crippen LogP contribution in [0.5, 0.6) is 0 Å². The van der Waals surface area contributed by atoms with Crippen LogP contribution < -0.4 is 5.32 Å². The topological polar surface area (TPSA) is 62.2 Å². The molecule has 0 aliphatic carbocycles. The molecule has 2 N–H and O–H groups in total. The van der Waals surface area contributed by atoms with Crippen molar-refractivity contribution in [2.45, 2.75) is 13.2 Å². The summed E-state index contributed by atoms with van der Waals surface area (Å²) in [5, 5.41) is 11.9. The third-order valence-corrected chi connectivity index (χ3v) is 3.09. The first-order valence-electron chi connectivity index (χ1n) is 5.77. The zero-order chi connectivity index (χ0) is 13.7. The van der Waals surface area contributed by atoms with Crippen molar-refractivity contribution in [2.24, 2.45) is 0 Å². The Kier molecular flexibility index (Phi) is 4.65. The van der Waals surface area contributed by atoms with Crippen molar-refractivity contribution >= 4 is 21.8 Å². The maximum absolute atomic E-state index is 11.9. The SMILES string of the molecule is O=C(NCc1cccc(CO)c1)c1ccc(Br)nc1. The molecule has 2 aromatic rings. The van der Waals surface area contributed by atoms with Gasteiger partial charge >= 0.3 is 0 Å². The molecule has 1 heterocycles. The standard InChI is InChI=1S/C14H13BrN2O2/c15-13-5-4-12(8-16-13)14(19)17-7-10-2-1-3-11(6-10)9-18/h1-6,8,18H,7,9H2,(H,17,19). The van der Waals surface area contributed by atoms with Crippen molar-refractivity contribution in [2.75, 3.05) is 0 Å². The molecule has 19 heavy (non-hydrogen) atoms. The zero-order valence-corrected chi connectivity index (χ0v) is 11.7. The van der Waals surface area contributed by atoms with Crippen LogP contribution in [0.25, 0.3) is 0 Å². The molecular weight excluding hydrogens is 308 g/mol. The summed E-state index contributed by atoms with van der Waals surface area (Å²) >= 11 is 3.22. The fourth-order valence-corrected chi connectivity index (χ4v) is 1.87. The van der Waals surface area contributed by atoms with Crippen LogP contribution >= 0.6 is 15.9 Å². The zero-order valence-electron chi connectivity index (χ0n) is 10.1. The summed E-state index contributed by atoms with van der Waals surface area (Å²) in [6.45, 7) is 0.418. The van der Waals surface area contributed by atoms with E-state index in [9.17, 15) is 4.79 Å². The molecule has 0 spiro atoms. The minimum absolute atomic E-state index is 0.00157. The number of pyridine rings is 1. The molecule has 0 aliphatic heterocycles. The van der Waals surface area contributed by atoms with E-state index in [1.165, 1.54) is 6.20 Å². The van der Waals surface area contributed by atoms with Crippen molar-refractivity contribution in [3.63, 3.8) is 0 Å². The quantitative estimate of drug-likeness (QED) is 0.849. The van der Waals surface area contributed by atoms with Crippen LogP contribution in [0, 0.1) is 0 Å². The van der Waals surface area contributed by atoms with Crippen LogP contribution in [0.3, 0.4) is 0 Å². The molecule has 0 unspecified atom stereocenters. The number of carbonyl (C=O) groups excluding carboxylic acids is 1. The van der Waals surface area contributed by atoms with Crippen LogP contribution in [-0.2, 0) is 13.2 Å². The smallest absolute Gasteiger partial charge is 0.253 e. The number of carbonyl (C=O) groups is 1. The van der Waals surface area contributed by atoms with Gasteiger partial charge in [0.2, 0.25) is 0 Å². The molecule has 0 atom stereocenters. The molecule has 0 radical (unpaired) electrons. The molecule has 2 rings (SSSR count). The number of halogens is 1. The lowest BCUT2D eigenvalue weighted by Crippen LogP contribution is -2.22. The molecule has 1 amide bonds. The average Bonchev–Trinajstić information content (AvgIpc) is 2.46. The molecule has 0 aliphatic rings. The number of rotatable bonds is 4. The lowest BCUT2D eigenvalue weighted by Gasteiger charge is -2.06. The number of hydrogen-bond acceptors (Lipinski definition) is 3. The number of aromatic nitrogens is 1. The van der Waals surface area contributed by atoms with Crippen molar-refractivity contribution in [1.82, 2.24) is 10.3 Å². The van der Waals surface area contributed by atoms with Gasteiger partial charge in [-0.2, -0.15) is 0 Å². The van der Waals surface area contributed by atoms with Crippen molar-refractivity contribution in [3.8, 4) is 0 Å². The van der Waals surface area contributed by atoms with Crippen molar-refractivity contribution in [3.05, 3.63) is 63.9 Å². The molecule has 98 valence electrons. The van der Waals surface area contributed by atoms with E-state index >= 15 is 0 Å². The second-order valence-electron chi connectivity index (χ2n) is 4.03. The van der Waals surface area contributed by atoms with Gasteiger partial charge in [0.15, 0.2) is 0 Å². The van der Waals surface area contributed by atoms with Gasteiger partial charge < -0.3 is 10.4 Å². The first-order valence-corrected chi connectivity index (χ1v) is 6.57. The van der Waals surface area contributed by atoms with Crippen molar-refractivity contribution < 1.29 is 9.90 Å². The van der Waals surface area contributed by atoms with Gasteiger partial charge in [-0.1, -0.05) is 24.3 Å². The predicted molar refractivity (Wildman–Crippen MR) is 75.5 cm³/mol. The number of benzene rings is 1. The summed E-state index contributed by atoms with van der Waals surface area (Å²) in [5.74, 6) is -0.172. The van der Waals surface area contributed by atoms with E-state index in [-0.39, 0.29) is 12.5 Å². The highest BCUT2D eigenvalue weighted by Gasteiger charge is 2.05. The van der Waals surface area contributed by atoms with Crippen LogP contribution in [0.15, 0.2) is 47.2 Å². The van der Waals surface area contributed by atoms with E-state index in [4.69, 9.17) is 5.11 Å². The second-order valence-corrected chi connectivity index (χ2v) is 4.84. The Labute approximate surface area is 119 Å². The molecule has 4 nitrogen and oxygen atoms in total. The number of nitrogens with zero attached hydrogens (tertiary/aromatic N) is 1. The molecule has 5 heteroatoms. The largest absolute Gasteiger partial charge is 0.392 e. The Morgan fingerprint density at radius 2 is 2.05 bits per heavy atom. The van der Waals surface area contributed by atoms with Crippen LogP contribution in [0.4, 0.5) is 0 Å².